The summed E-state index contributed by atoms with van der Waals surface area (Å²) >= 11 is 15.3. The van der Waals surface area contributed by atoms with Gasteiger partial charge >= 0.3 is 0 Å². The average molecular weight is 395 g/mol. The largest absolute Gasteiger partial charge is 0.239 e. The van der Waals surface area contributed by atoms with E-state index in [-0.39, 0.29) is 9.92 Å². The lowest BCUT2D eigenvalue weighted by atomic mass is 10.1. The molecule has 7 heteroatoms. The summed E-state index contributed by atoms with van der Waals surface area (Å²) in [5, 5.41) is 5.63. The minimum absolute atomic E-state index is 0.0324. The molecule has 0 atom stereocenters. The third kappa shape index (κ3) is 3.74. The van der Waals surface area contributed by atoms with E-state index >= 15 is 0 Å². The molecule has 0 saturated heterocycles. The third-order valence-electron chi connectivity index (χ3n) is 2.65. The quantitative estimate of drug-likeness (QED) is 0.855. The molecule has 2 rings (SSSR count). The van der Waals surface area contributed by atoms with Crippen LogP contribution in [-0.2, 0) is 16.4 Å². The summed E-state index contributed by atoms with van der Waals surface area (Å²) in [6.07, 6.45) is 0.367. The first-order valence-electron chi connectivity index (χ1n) is 5.52. The molecule has 0 aliphatic carbocycles. The van der Waals surface area contributed by atoms with Gasteiger partial charge in [0.25, 0.3) is 0 Å². The number of nitrogens with two attached hydrogens (primary N) is 1. The number of hydrogen-bond donors (Lipinski definition) is 1. The van der Waals surface area contributed by atoms with Crippen LogP contribution in [0, 0.1) is 0 Å². The van der Waals surface area contributed by atoms with E-state index in [4.69, 9.17) is 28.3 Å². The summed E-state index contributed by atoms with van der Waals surface area (Å²) in [5.74, 6) is 0. The van der Waals surface area contributed by atoms with Crippen LogP contribution in [0.15, 0.2) is 45.8 Å². The number of primary sulfonamides is 1. The minimum atomic E-state index is -3.91. The van der Waals surface area contributed by atoms with Crippen LogP contribution in [0.25, 0.3) is 0 Å². The maximum atomic E-state index is 11.7. The molecule has 3 nitrogen and oxygen atoms in total. The maximum absolute atomic E-state index is 11.7. The van der Waals surface area contributed by atoms with Crippen molar-refractivity contribution in [3.05, 3.63) is 62.0 Å². The van der Waals surface area contributed by atoms with Gasteiger partial charge in [0.05, 0.1) is 5.02 Å². The fourth-order valence-corrected chi connectivity index (χ4v) is 4.06. The summed E-state index contributed by atoms with van der Waals surface area (Å²) < 4.78 is 24.3. The van der Waals surface area contributed by atoms with E-state index in [1.807, 2.05) is 24.3 Å². The molecule has 0 aliphatic heterocycles. The fourth-order valence-electron chi connectivity index (χ4n) is 1.93. The zero-order valence-corrected chi connectivity index (χ0v) is 14.0. The van der Waals surface area contributed by atoms with Gasteiger partial charge in [0, 0.05) is 9.50 Å². The highest BCUT2D eigenvalue weighted by atomic mass is 79.9. The normalized spacial score (nSPS) is 11.6. The highest BCUT2D eigenvalue weighted by Crippen LogP contribution is 2.30. The standard InChI is InChI=1S/C13H10BrCl2NO2S/c14-10-3-1-2-8(5-10)4-9-6-11(15)7-12(16)13(9)20(17,18)19/h1-3,5-7H,4H2,(H2,17,18,19). The van der Waals surface area contributed by atoms with Crippen LogP contribution in [0.2, 0.25) is 10.0 Å². The molecule has 0 fully saturated rings. The van der Waals surface area contributed by atoms with E-state index < -0.39 is 10.0 Å². The highest BCUT2D eigenvalue weighted by Gasteiger charge is 2.19. The van der Waals surface area contributed by atoms with Crippen LogP contribution in [-0.4, -0.2) is 8.42 Å². The Labute approximate surface area is 135 Å². The monoisotopic (exact) mass is 393 g/mol. The Morgan fingerprint density at radius 1 is 1.15 bits per heavy atom. The lowest BCUT2D eigenvalue weighted by molar-refractivity contribution is 0.597. The number of halogens is 3. The number of sulfonamides is 1. The number of benzene rings is 2. The van der Waals surface area contributed by atoms with E-state index in [9.17, 15) is 8.42 Å². The summed E-state index contributed by atoms with van der Waals surface area (Å²) in [6, 6.07) is 10.5. The van der Waals surface area contributed by atoms with Gasteiger partial charge in [-0.1, -0.05) is 51.3 Å². The zero-order valence-electron chi connectivity index (χ0n) is 10.1. The van der Waals surface area contributed by atoms with Crippen molar-refractivity contribution in [2.75, 3.05) is 0 Å². The Hall–Kier alpha value is -0.590. The van der Waals surface area contributed by atoms with Gasteiger partial charge in [-0.3, -0.25) is 0 Å². The molecule has 0 radical (unpaired) electrons. The Kier molecular flexibility index (Phi) is 4.76. The van der Waals surface area contributed by atoms with Crippen LogP contribution in [0.5, 0.6) is 0 Å². The van der Waals surface area contributed by atoms with E-state index in [1.54, 1.807) is 6.07 Å². The van der Waals surface area contributed by atoms with Crippen molar-refractivity contribution >= 4 is 49.2 Å². The first kappa shape index (κ1) is 15.8. The molecule has 0 aliphatic rings. The molecule has 0 aromatic heterocycles. The summed E-state index contributed by atoms with van der Waals surface area (Å²) in [4.78, 5) is -0.0801. The van der Waals surface area contributed by atoms with Gasteiger partial charge in [-0.15, -0.1) is 0 Å². The molecular weight excluding hydrogens is 385 g/mol. The van der Waals surface area contributed by atoms with Gasteiger partial charge in [0.15, 0.2) is 0 Å². The van der Waals surface area contributed by atoms with Crippen molar-refractivity contribution in [3.8, 4) is 0 Å². The lowest BCUT2D eigenvalue weighted by Crippen LogP contribution is -2.15. The molecule has 0 heterocycles. The number of rotatable bonds is 3. The molecule has 0 unspecified atom stereocenters. The van der Waals surface area contributed by atoms with Crippen molar-refractivity contribution in [1.82, 2.24) is 0 Å². The maximum Gasteiger partial charge on any atom is 0.239 e. The summed E-state index contributed by atoms with van der Waals surface area (Å²) in [6.45, 7) is 0. The SMILES string of the molecule is NS(=O)(=O)c1c(Cl)cc(Cl)cc1Cc1cccc(Br)c1. The van der Waals surface area contributed by atoms with Gasteiger partial charge < -0.3 is 0 Å². The van der Waals surface area contributed by atoms with E-state index in [0.29, 0.717) is 17.0 Å². The fraction of sp³-hybridized carbons (Fsp3) is 0.0769. The summed E-state index contributed by atoms with van der Waals surface area (Å²) in [5.41, 5.74) is 1.39. The zero-order chi connectivity index (χ0) is 14.9. The van der Waals surface area contributed by atoms with Gasteiger partial charge in [-0.25, -0.2) is 13.6 Å². The molecule has 2 aromatic carbocycles. The molecule has 0 bridgehead atoms. The molecule has 106 valence electrons. The van der Waals surface area contributed by atoms with Crippen LogP contribution < -0.4 is 5.14 Å². The van der Waals surface area contributed by atoms with Gasteiger partial charge in [0.1, 0.15) is 4.90 Å². The predicted molar refractivity (Wildman–Crippen MR) is 84.8 cm³/mol. The molecule has 0 amide bonds. The second-order valence-corrected chi connectivity index (χ2v) is 7.49. The molecule has 2 N–H and O–H groups in total. The van der Waals surface area contributed by atoms with Crippen molar-refractivity contribution in [3.63, 3.8) is 0 Å². The van der Waals surface area contributed by atoms with Crippen molar-refractivity contribution in [2.45, 2.75) is 11.3 Å². The molecule has 2 aromatic rings. The Morgan fingerprint density at radius 3 is 2.45 bits per heavy atom. The number of hydrogen-bond acceptors (Lipinski definition) is 2. The average Bonchev–Trinajstić information content (AvgIpc) is 2.25. The second kappa shape index (κ2) is 6.03. The first-order chi connectivity index (χ1) is 9.27. The Bertz CT molecular complexity index is 763. The van der Waals surface area contributed by atoms with E-state index in [2.05, 4.69) is 15.9 Å². The van der Waals surface area contributed by atoms with Crippen molar-refractivity contribution < 1.29 is 8.42 Å². The van der Waals surface area contributed by atoms with Crippen molar-refractivity contribution in [2.24, 2.45) is 5.14 Å². The Morgan fingerprint density at radius 2 is 1.85 bits per heavy atom. The Balaban J connectivity index is 2.56. The summed E-state index contributed by atoms with van der Waals surface area (Å²) in [7, 11) is -3.91. The molecule has 20 heavy (non-hydrogen) atoms. The first-order valence-corrected chi connectivity index (χ1v) is 8.62. The van der Waals surface area contributed by atoms with Crippen molar-refractivity contribution in [1.29, 1.82) is 0 Å². The topological polar surface area (TPSA) is 60.2 Å². The molecular formula is C13H10BrCl2NO2S. The lowest BCUT2D eigenvalue weighted by Gasteiger charge is -2.11. The van der Waals surface area contributed by atoms with Gasteiger partial charge in [-0.2, -0.15) is 0 Å². The van der Waals surface area contributed by atoms with Gasteiger partial charge in [-0.05, 0) is 41.8 Å². The molecule has 0 spiro atoms. The van der Waals surface area contributed by atoms with Crippen LogP contribution >= 0.6 is 39.1 Å². The van der Waals surface area contributed by atoms with Crippen LogP contribution in [0.1, 0.15) is 11.1 Å². The highest BCUT2D eigenvalue weighted by molar-refractivity contribution is 9.10. The predicted octanol–water partition coefficient (Wildman–Crippen LogP) is 3.99. The third-order valence-corrected chi connectivity index (χ3v) is 4.83. The smallest absolute Gasteiger partial charge is 0.225 e. The van der Waals surface area contributed by atoms with Crippen LogP contribution in [0.4, 0.5) is 0 Å². The van der Waals surface area contributed by atoms with Crippen LogP contribution in [0.3, 0.4) is 0 Å². The minimum Gasteiger partial charge on any atom is -0.225 e. The van der Waals surface area contributed by atoms with E-state index in [1.165, 1.54) is 6.07 Å². The van der Waals surface area contributed by atoms with E-state index in [0.717, 1.165) is 10.0 Å². The molecule has 0 saturated carbocycles. The second-order valence-electron chi connectivity index (χ2n) is 4.23. The van der Waals surface area contributed by atoms with Gasteiger partial charge in [0.2, 0.25) is 10.0 Å².